The van der Waals surface area contributed by atoms with Crippen molar-refractivity contribution < 1.29 is 18.4 Å². The van der Waals surface area contributed by atoms with Crippen molar-refractivity contribution in [3.63, 3.8) is 0 Å². The number of hydrogen-bond acceptors (Lipinski definition) is 6. The summed E-state index contributed by atoms with van der Waals surface area (Å²) in [6, 6.07) is 5.96. The summed E-state index contributed by atoms with van der Waals surface area (Å²) in [4.78, 5) is 18.6. The first-order valence-corrected chi connectivity index (χ1v) is 8.64. The largest absolute Gasteiger partial charge is 0.461 e. The van der Waals surface area contributed by atoms with Crippen molar-refractivity contribution in [3.05, 3.63) is 36.0 Å². The number of hydrogen-bond donors (Lipinski definition) is 0. The van der Waals surface area contributed by atoms with Crippen LogP contribution in [0.2, 0.25) is 0 Å². The number of carbonyl (C=O) groups excluding carboxylic acids is 1. The minimum Gasteiger partial charge on any atom is -0.461 e. The van der Waals surface area contributed by atoms with E-state index >= 15 is 0 Å². The number of rotatable bonds is 3. The quantitative estimate of drug-likeness (QED) is 0.797. The summed E-state index contributed by atoms with van der Waals surface area (Å²) in [5.74, 6) is 0.539. The summed E-state index contributed by atoms with van der Waals surface area (Å²) >= 11 is 0. The van der Waals surface area contributed by atoms with Gasteiger partial charge in [0.05, 0.1) is 5.92 Å². The van der Waals surface area contributed by atoms with Gasteiger partial charge in [0.15, 0.2) is 0 Å². The van der Waals surface area contributed by atoms with E-state index in [1.54, 1.807) is 12.1 Å². The van der Waals surface area contributed by atoms with Crippen LogP contribution in [0.3, 0.4) is 0 Å². The first-order valence-electron chi connectivity index (χ1n) is 8.64. The molecule has 0 unspecified atom stereocenters. The Balaban J connectivity index is 1.49. The van der Waals surface area contributed by atoms with Gasteiger partial charge in [0, 0.05) is 18.5 Å². The van der Waals surface area contributed by atoms with Gasteiger partial charge in [-0.2, -0.15) is 4.98 Å². The van der Waals surface area contributed by atoms with Crippen molar-refractivity contribution in [3.8, 4) is 11.4 Å². The van der Waals surface area contributed by atoms with Crippen molar-refractivity contribution in [2.45, 2.75) is 44.2 Å². The normalized spacial score (nSPS) is 27.4. The molecule has 0 spiro atoms. The molecule has 4 rings (SSSR count). The molecule has 0 bridgehead atoms. The number of nitrogens with zero attached hydrogens (tertiary/aromatic N) is 3. The monoisotopic (exact) mass is 345 g/mol. The maximum Gasteiger partial charge on any atom is 0.323 e. The van der Waals surface area contributed by atoms with Crippen molar-refractivity contribution in [2.75, 3.05) is 13.1 Å². The van der Waals surface area contributed by atoms with Crippen molar-refractivity contribution in [1.29, 1.82) is 0 Å². The molecule has 3 heterocycles. The topological polar surface area (TPSA) is 68.5 Å². The number of esters is 1. The maximum absolute atomic E-state index is 13.4. The number of carbonyl (C=O) groups is 1. The lowest BCUT2D eigenvalue weighted by Crippen LogP contribution is -2.44. The fourth-order valence-electron chi connectivity index (χ4n) is 3.67. The molecule has 2 aromatic rings. The number of ether oxygens (including phenoxy) is 1. The third kappa shape index (κ3) is 3.28. The Morgan fingerprint density at radius 1 is 1.36 bits per heavy atom. The Labute approximate surface area is 145 Å². The van der Waals surface area contributed by atoms with Crippen molar-refractivity contribution in [2.24, 2.45) is 0 Å². The smallest absolute Gasteiger partial charge is 0.323 e. The average Bonchev–Trinajstić information content (AvgIpc) is 3.22. The molecule has 25 heavy (non-hydrogen) atoms. The lowest BCUT2D eigenvalue weighted by molar-refractivity contribution is -0.145. The molecule has 0 radical (unpaired) electrons. The van der Waals surface area contributed by atoms with Gasteiger partial charge >= 0.3 is 5.97 Å². The minimum absolute atomic E-state index is 0.0270. The maximum atomic E-state index is 13.4. The Morgan fingerprint density at radius 2 is 2.24 bits per heavy atom. The molecular weight excluding hydrogens is 325 g/mol. The highest BCUT2D eigenvalue weighted by Gasteiger charge is 2.39. The zero-order chi connectivity index (χ0) is 17.4. The second-order valence-electron chi connectivity index (χ2n) is 6.80. The van der Waals surface area contributed by atoms with E-state index in [4.69, 9.17) is 9.26 Å². The van der Waals surface area contributed by atoms with E-state index in [2.05, 4.69) is 15.0 Å². The van der Waals surface area contributed by atoms with E-state index in [1.807, 2.05) is 6.92 Å². The third-order valence-electron chi connectivity index (χ3n) is 4.91. The zero-order valence-electron chi connectivity index (χ0n) is 14.0. The molecule has 3 atom stereocenters. The molecule has 7 heteroatoms. The lowest BCUT2D eigenvalue weighted by Gasteiger charge is -2.33. The van der Waals surface area contributed by atoms with Crippen LogP contribution in [0.5, 0.6) is 0 Å². The van der Waals surface area contributed by atoms with Crippen LogP contribution in [0, 0.1) is 5.82 Å². The van der Waals surface area contributed by atoms with Crippen LogP contribution in [0.1, 0.15) is 38.0 Å². The predicted octanol–water partition coefficient (Wildman–Crippen LogP) is 2.76. The average molecular weight is 345 g/mol. The van der Waals surface area contributed by atoms with E-state index < -0.39 is 0 Å². The second-order valence-corrected chi connectivity index (χ2v) is 6.80. The highest BCUT2D eigenvalue weighted by molar-refractivity contribution is 5.78. The molecular formula is C18H20FN3O3. The first kappa shape index (κ1) is 16.2. The van der Waals surface area contributed by atoms with Crippen LogP contribution < -0.4 is 0 Å². The predicted molar refractivity (Wildman–Crippen MR) is 87.2 cm³/mol. The van der Waals surface area contributed by atoms with Gasteiger partial charge in [-0.3, -0.25) is 9.69 Å². The number of piperidine rings is 1. The summed E-state index contributed by atoms with van der Waals surface area (Å²) < 4.78 is 24.1. The van der Waals surface area contributed by atoms with Crippen LogP contribution in [0.15, 0.2) is 28.8 Å². The number of cyclic esters (lactones) is 1. The Hall–Kier alpha value is -2.28. The molecule has 2 saturated heterocycles. The molecule has 1 aromatic heterocycles. The summed E-state index contributed by atoms with van der Waals surface area (Å²) in [5, 5.41) is 3.99. The van der Waals surface area contributed by atoms with Gasteiger partial charge in [0.1, 0.15) is 18.0 Å². The highest BCUT2D eigenvalue weighted by Crippen LogP contribution is 2.31. The summed E-state index contributed by atoms with van der Waals surface area (Å²) in [6.07, 6.45) is 2.59. The van der Waals surface area contributed by atoms with Crippen molar-refractivity contribution in [1.82, 2.24) is 15.0 Å². The summed E-state index contributed by atoms with van der Waals surface area (Å²) in [6.45, 7) is 3.48. The Kier molecular flexibility index (Phi) is 4.25. The van der Waals surface area contributed by atoms with Gasteiger partial charge < -0.3 is 9.26 Å². The van der Waals surface area contributed by atoms with E-state index in [-0.39, 0.29) is 29.9 Å². The standard InChI is InChI=1S/C18H20FN3O3/c1-11-8-15(18(23)24-11)22-7-3-5-13(10-22)17-20-16(21-25-17)12-4-2-6-14(19)9-12/h2,4,6,9,11,13,15H,3,5,7-8,10H2,1H3/t11-,13+,15-/m1/s1. The number of aromatic nitrogens is 2. The van der Waals surface area contributed by atoms with E-state index in [1.165, 1.54) is 12.1 Å². The fourth-order valence-corrected chi connectivity index (χ4v) is 3.67. The highest BCUT2D eigenvalue weighted by atomic mass is 19.1. The molecule has 2 aliphatic heterocycles. The van der Waals surface area contributed by atoms with Gasteiger partial charge in [-0.05, 0) is 38.4 Å². The van der Waals surface area contributed by atoms with Gasteiger partial charge in [0.25, 0.3) is 0 Å². The summed E-state index contributed by atoms with van der Waals surface area (Å²) in [7, 11) is 0. The molecule has 0 N–H and O–H groups in total. The summed E-state index contributed by atoms with van der Waals surface area (Å²) in [5.41, 5.74) is 0.593. The molecule has 0 amide bonds. The molecule has 1 aromatic carbocycles. The van der Waals surface area contributed by atoms with E-state index in [0.29, 0.717) is 23.8 Å². The van der Waals surface area contributed by atoms with Crippen LogP contribution in [0.25, 0.3) is 11.4 Å². The SMILES string of the molecule is C[C@@H]1C[C@@H](N2CCC[C@H](c3nc(-c4cccc(F)c4)no3)C2)C(=O)O1. The molecule has 132 valence electrons. The Morgan fingerprint density at radius 3 is 3.00 bits per heavy atom. The van der Waals surface area contributed by atoms with E-state index in [0.717, 1.165) is 25.8 Å². The molecule has 2 fully saturated rings. The number of halogens is 1. The van der Waals surface area contributed by atoms with Crippen molar-refractivity contribution >= 4 is 5.97 Å². The Bertz CT molecular complexity index is 778. The molecule has 2 aliphatic rings. The lowest BCUT2D eigenvalue weighted by atomic mass is 9.96. The first-order chi connectivity index (χ1) is 12.1. The fraction of sp³-hybridized carbons (Fsp3) is 0.500. The van der Waals surface area contributed by atoms with E-state index in [9.17, 15) is 9.18 Å². The van der Waals surface area contributed by atoms with Gasteiger partial charge in [-0.25, -0.2) is 4.39 Å². The number of likely N-dealkylation sites (tertiary alicyclic amines) is 1. The van der Waals surface area contributed by atoms with Gasteiger partial charge in [-0.1, -0.05) is 17.3 Å². The van der Waals surface area contributed by atoms with Gasteiger partial charge in [0.2, 0.25) is 11.7 Å². The van der Waals surface area contributed by atoms with Crippen LogP contribution >= 0.6 is 0 Å². The van der Waals surface area contributed by atoms with Crippen LogP contribution in [-0.4, -0.2) is 46.2 Å². The number of benzene rings is 1. The molecule has 6 nitrogen and oxygen atoms in total. The van der Waals surface area contributed by atoms with Gasteiger partial charge in [-0.15, -0.1) is 0 Å². The second kappa shape index (κ2) is 6.55. The third-order valence-corrected chi connectivity index (χ3v) is 4.91. The van der Waals surface area contributed by atoms with Crippen LogP contribution in [-0.2, 0) is 9.53 Å². The zero-order valence-corrected chi connectivity index (χ0v) is 14.0. The molecule has 0 aliphatic carbocycles. The van der Waals surface area contributed by atoms with Crippen LogP contribution in [0.4, 0.5) is 4.39 Å². The minimum atomic E-state index is -0.332. The molecule has 0 saturated carbocycles.